The van der Waals surface area contributed by atoms with Crippen molar-refractivity contribution in [2.24, 2.45) is 0 Å². The molecule has 0 radical (unpaired) electrons. The van der Waals surface area contributed by atoms with Gasteiger partial charge in [0.25, 0.3) is 0 Å². The van der Waals surface area contributed by atoms with Gasteiger partial charge in [-0.2, -0.15) is 0 Å². The number of aromatic nitrogens is 2. The molecule has 2 aromatic carbocycles. The number of aliphatic hydroxyl groups is 1. The zero-order chi connectivity index (χ0) is 23.5. The maximum Gasteiger partial charge on any atom is 0.408 e. The summed E-state index contributed by atoms with van der Waals surface area (Å²) in [6.07, 6.45) is 1.55. The number of amides is 2. The molecule has 4 N–H and O–H groups in total. The predicted octanol–water partition coefficient (Wildman–Crippen LogP) is 1.53. The monoisotopic (exact) mass is 450 g/mol. The highest BCUT2D eigenvalue weighted by Crippen LogP contribution is 2.08. The van der Waals surface area contributed by atoms with E-state index in [-0.39, 0.29) is 19.4 Å². The molecule has 0 aliphatic rings. The molecule has 2 amide bonds. The average molecular weight is 450 g/mol. The van der Waals surface area contributed by atoms with Crippen molar-refractivity contribution in [2.45, 2.75) is 37.6 Å². The second-order valence-corrected chi connectivity index (χ2v) is 7.47. The SMILES string of the molecule is O=CC(O)C(Cc1ccccc1)NC(=O)[C@H](Cc1cnc[nH]1)NC(=O)OCc1ccccc1. The van der Waals surface area contributed by atoms with Crippen LogP contribution in [0.15, 0.2) is 73.2 Å². The molecule has 9 heteroatoms. The Labute approximate surface area is 191 Å². The Morgan fingerprint density at radius 3 is 2.27 bits per heavy atom. The molecule has 9 nitrogen and oxygen atoms in total. The summed E-state index contributed by atoms with van der Waals surface area (Å²) in [5.41, 5.74) is 2.26. The normalized spacial score (nSPS) is 13.4. The van der Waals surface area contributed by atoms with Gasteiger partial charge in [0.2, 0.25) is 5.91 Å². The summed E-state index contributed by atoms with van der Waals surface area (Å²) < 4.78 is 5.24. The molecule has 0 aliphatic heterocycles. The van der Waals surface area contributed by atoms with Crippen LogP contribution in [-0.2, 0) is 33.8 Å². The number of rotatable bonds is 11. The summed E-state index contributed by atoms with van der Waals surface area (Å²) in [6.45, 7) is 0.0472. The molecule has 0 aliphatic carbocycles. The van der Waals surface area contributed by atoms with Gasteiger partial charge in [-0.15, -0.1) is 0 Å². The number of hydrogen-bond donors (Lipinski definition) is 4. The zero-order valence-electron chi connectivity index (χ0n) is 17.9. The van der Waals surface area contributed by atoms with Crippen LogP contribution in [0.4, 0.5) is 4.79 Å². The number of aliphatic hydroxyl groups excluding tert-OH is 1. The van der Waals surface area contributed by atoms with E-state index in [2.05, 4.69) is 20.6 Å². The quantitative estimate of drug-likeness (QED) is 0.328. The number of aldehydes is 1. The fourth-order valence-corrected chi connectivity index (χ4v) is 3.24. The van der Waals surface area contributed by atoms with E-state index in [9.17, 15) is 19.5 Å². The summed E-state index contributed by atoms with van der Waals surface area (Å²) in [7, 11) is 0. The Morgan fingerprint density at radius 1 is 1.00 bits per heavy atom. The molecule has 0 saturated carbocycles. The second kappa shape index (κ2) is 12.2. The summed E-state index contributed by atoms with van der Waals surface area (Å²) in [5, 5.41) is 15.4. The van der Waals surface area contributed by atoms with Crippen LogP contribution in [0.25, 0.3) is 0 Å². The minimum Gasteiger partial charge on any atom is -0.445 e. The maximum atomic E-state index is 13.1. The van der Waals surface area contributed by atoms with Gasteiger partial charge in [-0.05, 0) is 17.5 Å². The first kappa shape index (κ1) is 23.7. The summed E-state index contributed by atoms with van der Waals surface area (Å²) >= 11 is 0. The lowest BCUT2D eigenvalue weighted by Crippen LogP contribution is -2.54. The highest BCUT2D eigenvalue weighted by atomic mass is 16.5. The van der Waals surface area contributed by atoms with Crippen LogP contribution in [-0.4, -0.2) is 51.5 Å². The summed E-state index contributed by atoms with van der Waals surface area (Å²) in [4.78, 5) is 43.5. The minimum absolute atomic E-state index is 0.0472. The number of ether oxygens (including phenoxy) is 1. The van der Waals surface area contributed by atoms with Gasteiger partial charge in [-0.1, -0.05) is 60.7 Å². The Balaban J connectivity index is 1.67. The largest absolute Gasteiger partial charge is 0.445 e. The number of hydrogen-bond acceptors (Lipinski definition) is 6. The average Bonchev–Trinajstić information content (AvgIpc) is 3.36. The molecule has 0 fully saturated rings. The molecule has 0 spiro atoms. The lowest BCUT2D eigenvalue weighted by molar-refractivity contribution is -0.125. The molecular weight excluding hydrogens is 424 g/mol. The number of aromatic amines is 1. The maximum absolute atomic E-state index is 13.1. The predicted molar refractivity (Wildman–Crippen MR) is 120 cm³/mol. The summed E-state index contributed by atoms with van der Waals surface area (Å²) in [6, 6.07) is 16.4. The van der Waals surface area contributed by atoms with Crippen molar-refractivity contribution in [2.75, 3.05) is 0 Å². The van der Waals surface area contributed by atoms with Gasteiger partial charge in [0.05, 0.1) is 12.4 Å². The molecule has 1 aromatic heterocycles. The van der Waals surface area contributed by atoms with E-state index in [1.54, 1.807) is 6.20 Å². The van der Waals surface area contributed by atoms with Crippen molar-refractivity contribution in [1.29, 1.82) is 0 Å². The fourth-order valence-electron chi connectivity index (χ4n) is 3.24. The first-order valence-electron chi connectivity index (χ1n) is 10.5. The highest BCUT2D eigenvalue weighted by Gasteiger charge is 2.28. The van der Waals surface area contributed by atoms with E-state index < -0.39 is 30.2 Å². The molecule has 0 saturated heterocycles. The lowest BCUT2D eigenvalue weighted by Gasteiger charge is -2.24. The Morgan fingerprint density at radius 2 is 1.67 bits per heavy atom. The molecule has 3 rings (SSSR count). The van der Waals surface area contributed by atoms with Gasteiger partial charge < -0.3 is 30.3 Å². The van der Waals surface area contributed by atoms with Crippen LogP contribution in [0, 0.1) is 0 Å². The number of alkyl carbamates (subject to hydrolysis) is 1. The standard InChI is InChI=1S/C24H26N4O5/c29-14-22(30)20(11-17-7-3-1-4-8-17)27-23(31)21(12-19-13-25-16-26-19)28-24(32)33-15-18-9-5-2-6-10-18/h1-10,13-14,16,20-22,30H,11-12,15H2,(H,25,26)(H,27,31)(H,28,32)/t20?,21-,22?/m0/s1. The molecule has 172 valence electrons. The number of carbonyl (C=O) groups excluding carboxylic acids is 3. The molecule has 33 heavy (non-hydrogen) atoms. The smallest absolute Gasteiger partial charge is 0.408 e. The number of carbonyl (C=O) groups is 3. The van der Waals surface area contributed by atoms with Crippen molar-refractivity contribution in [3.05, 3.63) is 90.0 Å². The molecule has 2 unspecified atom stereocenters. The minimum atomic E-state index is -1.41. The first-order valence-corrected chi connectivity index (χ1v) is 10.5. The van der Waals surface area contributed by atoms with Crippen LogP contribution >= 0.6 is 0 Å². The first-order chi connectivity index (χ1) is 16.0. The summed E-state index contributed by atoms with van der Waals surface area (Å²) in [5.74, 6) is -0.567. The van der Waals surface area contributed by atoms with Gasteiger partial charge >= 0.3 is 6.09 Å². The van der Waals surface area contributed by atoms with Crippen molar-refractivity contribution >= 4 is 18.3 Å². The number of benzene rings is 2. The van der Waals surface area contributed by atoms with Gasteiger partial charge in [-0.25, -0.2) is 9.78 Å². The van der Waals surface area contributed by atoms with Crippen molar-refractivity contribution < 1.29 is 24.2 Å². The van der Waals surface area contributed by atoms with Crippen molar-refractivity contribution in [3.8, 4) is 0 Å². The van der Waals surface area contributed by atoms with Crippen LogP contribution < -0.4 is 10.6 Å². The van der Waals surface area contributed by atoms with Gasteiger partial charge in [-0.3, -0.25) is 4.79 Å². The third-order valence-corrected chi connectivity index (χ3v) is 4.98. The van der Waals surface area contributed by atoms with E-state index >= 15 is 0 Å². The topological polar surface area (TPSA) is 133 Å². The van der Waals surface area contributed by atoms with Gasteiger partial charge in [0.1, 0.15) is 18.8 Å². The van der Waals surface area contributed by atoms with Crippen molar-refractivity contribution in [3.63, 3.8) is 0 Å². The molecule has 1 heterocycles. The van der Waals surface area contributed by atoms with Crippen LogP contribution in [0.2, 0.25) is 0 Å². The zero-order valence-corrected chi connectivity index (χ0v) is 17.9. The molecule has 0 bridgehead atoms. The third-order valence-electron chi connectivity index (χ3n) is 4.98. The number of H-pyrrole nitrogens is 1. The van der Waals surface area contributed by atoms with Crippen LogP contribution in [0.3, 0.4) is 0 Å². The Kier molecular flexibility index (Phi) is 8.72. The van der Waals surface area contributed by atoms with E-state index in [1.165, 1.54) is 6.33 Å². The van der Waals surface area contributed by atoms with E-state index in [4.69, 9.17) is 4.74 Å². The molecule has 3 aromatic rings. The number of nitrogens with one attached hydrogen (secondary N) is 3. The van der Waals surface area contributed by atoms with E-state index in [0.717, 1.165) is 11.1 Å². The van der Waals surface area contributed by atoms with Crippen LogP contribution in [0.1, 0.15) is 16.8 Å². The van der Waals surface area contributed by atoms with E-state index in [1.807, 2.05) is 60.7 Å². The van der Waals surface area contributed by atoms with Crippen LogP contribution in [0.5, 0.6) is 0 Å². The Hall–Kier alpha value is -3.98. The van der Waals surface area contributed by atoms with Gasteiger partial charge in [0, 0.05) is 18.3 Å². The number of nitrogens with zero attached hydrogens (tertiary/aromatic N) is 1. The highest BCUT2D eigenvalue weighted by molar-refractivity contribution is 5.86. The third kappa shape index (κ3) is 7.58. The fraction of sp³-hybridized carbons (Fsp3) is 0.250. The number of imidazole rings is 1. The van der Waals surface area contributed by atoms with Crippen molar-refractivity contribution in [1.82, 2.24) is 20.6 Å². The lowest BCUT2D eigenvalue weighted by atomic mass is 10.0. The van der Waals surface area contributed by atoms with Gasteiger partial charge in [0.15, 0.2) is 6.29 Å². The molecular formula is C24H26N4O5. The van der Waals surface area contributed by atoms with E-state index in [0.29, 0.717) is 12.0 Å². The molecule has 3 atom stereocenters. The second-order valence-electron chi connectivity index (χ2n) is 7.47. The Bertz CT molecular complexity index is 1010.